The van der Waals surface area contributed by atoms with Gasteiger partial charge in [-0.05, 0) is 30.2 Å². The van der Waals surface area contributed by atoms with Crippen LogP contribution in [-0.4, -0.2) is 33.0 Å². The van der Waals surface area contributed by atoms with Gasteiger partial charge in [0.05, 0.1) is 19.8 Å². The molecule has 0 heterocycles. The van der Waals surface area contributed by atoms with Crippen LogP contribution < -0.4 is 4.74 Å². The van der Waals surface area contributed by atoms with Gasteiger partial charge < -0.3 is 14.2 Å². The number of halogens is 1. The van der Waals surface area contributed by atoms with Crippen LogP contribution in [0.1, 0.15) is 13.8 Å². The van der Waals surface area contributed by atoms with Gasteiger partial charge in [0.15, 0.2) is 0 Å². The third-order valence-electron chi connectivity index (χ3n) is 2.13. The van der Waals surface area contributed by atoms with Gasteiger partial charge in [0.2, 0.25) is 0 Å². The Morgan fingerprint density at radius 3 is 2.22 bits per heavy atom. The highest BCUT2D eigenvalue weighted by atomic mass is 79.9. The lowest BCUT2D eigenvalue weighted by Crippen LogP contribution is -2.12. The molecule has 0 unspecified atom stereocenters. The number of hydrogen-bond donors (Lipinski definition) is 0. The monoisotopic (exact) mass is 316 g/mol. The van der Waals surface area contributed by atoms with Crippen molar-refractivity contribution in [3.05, 3.63) is 28.7 Å². The molecule has 0 aliphatic carbocycles. The topological polar surface area (TPSA) is 27.7 Å². The number of benzene rings is 1. The summed E-state index contributed by atoms with van der Waals surface area (Å²) in [5, 5.41) is 0. The van der Waals surface area contributed by atoms with Crippen molar-refractivity contribution in [3.8, 4) is 5.75 Å². The summed E-state index contributed by atoms with van der Waals surface area (Å²) in [6.07, 6.45) is 0. The first kappa shape index (κ1) is 15.5. The molecule has 0 aliphatic rings. The largest absolute Gasteiger partial charge is 0.491 e. The lowest BCUT2D eigenvalue weighted by molar-refractivity contribution is 0.0282. The van der Waals surface area contributed by atoms with Gasteiger partial charge in [0.25, 0.3) is 0 Å². The van der Waals surface area contributed by atoms with E-state index in [9.17, 15) is 0 Å². The van der Waals surface area contributed by atoms with E-state index in [1.54, 1.807) is 0 Å². The van der Waals surface area contributed by atoms with Crippen molar-refractivity contribution < 1.29 is 14.2 Å². The Balaban J connectivity index is 1.94. The van der Waals surface area contributed by atoms with E-state index in [0.29, 0.717) is 32.3 Å². The molecule has 0 saturated carbocycles. The first-order chi connectivity index (χ1) is 8.68. The van der Waals surface area contributed by atoms with E-state index in [0.717, 1.165) is 16.8 Å². The van der Waals surface area contributed by atoms with Crippen molar-refractivity contribution in [1.82, 2.24) is 0 Å². The summed E-state index contributed by atoms with van der Waals surface area (Å²) >= 11 is 3.38. The Labute approximate surface area is 118 Å². The zero-order valence-electron chi connectivity index (χ0n) is 11.0. The van der Waals surface area contributed by atoms with E-state index in [4.69, 9.17) is 14.2 Å². The van der Waals surface area contributed by atoms with Crippen molar-refractivity contribution in [2.75, 3.05) is 33.0 Å². The first-order valence-electron chi connectivity index (χ1n) is 6.22. The SMILES string of the molecule is CC(C)COCCOCCOc1ccc(Br)cc1. The quantitative estimate of drug-likeness (QED) is 0.652. The summed E-state index contributed by atoms with van der Waals surface area (Å²) in [6.45, 7) is 7.47. The summed E-state index contributed by atoms with van der Waals surface area (Å²) in [5.74, 6) is 1.43. The van der Waals surface area contributed by atoms with Gasteiger partial charge in [-0.15, -0.1) is 0 Å². The molecule has 0 bridgehead atoms. The van der Waals surface area contributed by atoms with Crippen LogP contribution in [0.2, 0.25) is 0 Å². The van der Waals surface area contributed by atoms with E-state index >= 15 is 0 Å². The summed E-state index contributed by atoms with van der Waals surface area (Å²) < 4.78 is 17.4. The van der Waals surface area contributed by atoms with Gasteiger partial charge >= 0.3 is 0 Å². The fraction of sp³-hybridized carbons (Fsp3) is 0.571. The molecule has 0 fully saturated rings. The molecular weight excluding hydrogens is 296 g/mol. The van der Waals surface area contributed by atoms with Crippen molar-refractivity contribution in [1.29, 1.82) is 0 Å². The van der Waals surface area contributed by atoms with E-state index < -0.39 is 0 Å². The predicted molar refractivity (Wildman–Crippen MR) is 76.1 cm³/mol. The molecule has 4 heteroatoms. The van der Waals surface area contributed by atoms with Crippen LogP contribution in [0.5, 0.6) is 5.75 Å². The van der Waals surface area contributed by atoms with Crippen LogP contribution in [0.15, 0.2) is 28.7 Å². The van der Waals surface area contributed by atoms with Crippen LogP contribution in [0.3, 0.4) is 0 Å². The summed E-state index contributed by atoms with van der Waals surface area (Å²) in [6, 6.07) is 7.76. The second-order valence-electron chi connectivity index (χ2n) is 4.38. The maximum absolute atomic E-state index is 5.52. The number of rotatable bonds is 9. The number of hydrogen-bond acceptors (Lipinski definition) is 3. The first-order valence-corrected chi connectivity index (χ1v) is 7.01. The average molecular weight is 317 g/mol. The molecule has 0 atom stereocenters. The Morgan fingerprint density at radius 1 is 0.944 bits per heavy atom. The average Bonchev–Trinajstić information content (AvgIpc) is 2.34. The van der Waals surface area contributed by atoms with E-state index in [1.165, 1.54) is 0 Å². The fourth-order valence-corrected chi connectivity index (χ4v) is 1.55. The van der Waals surface area contributed by atoms with Gasteiger partial charge in [-0.1, -0.05) is 29.8 Å². The normalized spacial score (nSPS) is 10.9. The molecule has 18 heavy (non-hydrogen) atoms. The zero-order chi connectivity index (χ0) is 13.2. The van der Waals surface area contributed by atoms with E-state index in [2.05, 4.69) is 29.8 Å². The minimum absolute atomic E-state index is 0.561. The van der Waals surface area contributed by atoms with Gasteiger partial charge in [-0.25, -0.2) is 0 Å². The molecule has 102 valence electrons. The summed E-state index contributed by atoms with van der Waals surface area (Å²) in [5.41, 5.74) is 0. The van der Waals surface area contributed by atoms with Crippen molar-refractivity contribution in [2.45, 2.75) is 13.8 Å². The molecule has 0 amide bonds. The lowest BCUT2D eigenvalue weighted by Gasteiger charge is -2.08. The minimum atomic E-state index is 0.561. The third-order valence-corrected chi connectivity index (χ3v) is 2.66. The summed E-state index contributed by atoms with van der Waals surface area (Å²) in [4.78, 5) is 0. The third kappa shape index (κ3) is 7.69. The molecule has 1 rings (SSSR count). The minimum Gasteiger partial charge on any atom is -0.491 e. The van der Waals surface area contributed by atoms with Crippen LogP contribution in [0.25, 0.3) is 0 Å². The highest BCUT2D eigenvalue weighted by molar-refractivity contribution is 9.10. The Kier molecular flexibility index (Phi) is 8.05. The molecule has 0 aliphatic heterocycles. The zero-order valence-corrected chi connectivity index (χ0v) is 12.6. The van der Waals surface area contributed by atoms with Crippen LogP contribution >= 0.6 is 15.9 Å². The fourth-order valence-electron chi connectivity index (χ4n) is 1.29. The molecule has 0 aromatic heterocycles. The Bertz CT molecular complexity index is 311. The molecule has 0 saturated heterocycles. The second kappa shape index (κ2) is 9.36. The molecule has 1 aromatic rings. The lowest BCUT2D eigenvalue weighted by atomic mass is 10.2. The molecule has 0 N–H and O–H groups in total. The highest BCUT2D eigenvalue weighted by Gasteiger charge is 1.95. The smallest absolute Gasteiger partial charge is 0.119 e. The van der Waals surface area contributed by atoms with Crippen LogP contribution in [-0.2, 0) is 9.47 Å². The predicted octanol–water partition coefficient (Wildman–Crippen LogP) is 3.52. The van der Waals surface area contributed by atoms with Crippen molar-refractivity contribution >= 4 is 15.9 Å². The maximum Gasteiger partial charge on any atom is 0.119 e. The number of ether oxygens (including phenoxy) is 3. The standard InChI is InChI=1S/C14H21BrO3/c1-12(2)11-17-8-7-16-9-10-18-14-5-3-13(15)4-6-14/h3-6,12H,7-11H2,1-2H3. The molecular formula is C14H21BrO3. The van der Waals surface area contributed by atoms with Gasteiger partial charge in [-0.2, -0.15) is 0 Å². The van der Waals surface area contributed by atoms with Crippen molar-refractivity contribution in [2.24, 2.45) is 5.92 Å². The molecule has 0 radical (unpaired) electrons. The van der Waals surface area contributed by atoms with Crippen molar-refractivity contribution in [3.63, 3.8) is 0 Å². The van der Waals surface area contributed by atoms with Crippen LogP contribution in [0.4, 0.5) is 0 Å². The maximum atomic E-state index is 5.52. The van der Waals surface area contributed by atoms with E-state index in [1.807, 2.05) is 24.3 Å². The molecule has 3 nitrogen and oxygen atoms in total. The second-order valence-corrected chi connectivity index (χ2v) is 5.30. The Hall–Kier alpha value is -0.580. The molecule has 0 spiro atoms. The van der Waals surface area contributed by atoms with Crippen LogP contribution in [0, 0.1) is 5.92 Å². The van der Waals surface area contributed by atoms with Gasteiger partial charge in [0.1, 0.15) is 12.4 Å². The highest BCUT2D eigenvalue weighted by Crippen LogP contribution is 2.15. The summed E-state index contributed by atoms with van der Waals surface area (Å²) in [7, 11) is 0. The van der Waals surface area contributed by atoms with Gasteiger partial charge in [0, 0.05) is 11.1 Å². The Morgan fingerprint density at radius 2 is 1.56 bits per heavy atom. The van der Waals surface area contributed by atoms with Gasteiger partial charge in [-0.3, -0.25) is 0 Å². The molecule has 1 aromatic carbocycles. The van der Waals surface area contributed by atoms with E-state index in [-0.39, 0.29) is 0 Å².